The van der Waals surface area contributed by atoms with Crippen LogP contribution in [-0.4, -0.2) is 61.8 Å². The van der Waals surface area contributed by atoms with Gasteiger partial charge in [-0.3, -0.25) is 4.31 Å². The Morgan fingerprint density at radius 1 is 0.872 bits per heavy atom. The minimum atomic E-state index is -4.34. The molecule has 0 bridgehead atoms. The third-order valence-electron chi connectivity index (χ3n) is 6.00. The summed E-state index contributed by atoms with van der Waals surface area (Å²) in [6.07, 6.45) is -0.370. The van der Waals surface area contributed by atoms with Crippen molar-refractivity contribution in [3.05, 3.63) is 82.4 Å². The molecule has 0 unspecified atom stereocenters. The number of rotatable bonds is 12. The average molecular weight is 603 g/mol. The molecule has 0 aliphatic rings. The van der Waals surface area contributed by atoms with Crippen LogP contribution >= 0.6 is 11.6 Å². The lowest BCUT2D eigenvalue weighted by Crippen LogP contribution is -2.35. The van der Waals surface area contributed by atoms with E-state index in [4.69, 9.17) is 21.1 Å². The first-order valence-electron chi connectivity index (χ1n) is 11.7. The zero-order chi connectivity index (χ0) is 29.0. The topological polar surface area (TPSA) is 93.2 Å². The molecule has 3 aromatic carbocycles. The maximum atomic E-state index is 14.5. The summed E-state index contributed by atoms with van der Waals surface area (Å²) in [6, 6.07) is 11.8. The lowest BCUT2D eigenvalue weighted by Gasteiger charge is -2.27. The van der Waals surface area contributed by atoms with E-state index in [0.29, 0.717) is 5.75 Å². The van der Waals surface area contributed by atoms with Crippen molar-refractivity contribution in [1.82, 2.24) is 4.31 Å². The molecule has 3 aromatic rings. The zero-order valence-electron chi connectivity index (χ0n) is 21.8. The molecular weight excluding hydrogens is 574 g/mol. The second-order valence-electron chi connectivity index (χ2n) is 8.70. The van der Waals surface area contributed by atoms with E-state index < -0.39 is 31.7 Å². The molecule has 0 saturated heterocycles. The molecule has 0 amide bonds. The highest BCUT2D eigenvalue weighted by atomic mass is 35.5. The summed E-state index contributed by atoms with van der Waals surface area (Å²) >= 11 is 6.20. The summed E-state index contributed by atoms with van der Waals surface area (Å²) in [4.78, 5) is -0.159. The molecule has 0 N–H and O–H groups in total. The van der Waals surface area contributed by atoms with Gasteiger partial charge in [-0.1, -0.05) is 17.7 Å². The molecule has 3 rings (SSSR count). The van der Waals surface area contributed by atoms with Crippen LogP contribution in [0.1, 0.15) is 17.5 Å². The number of hydrogen-bond acceptors (Lipinski definition) is 6. The number of ether oxygens (including phenoxy) is 2. The van der Waals surface area contributed by atoms with Crippen LogP contribution in [0.3, 0.4) is 0 Å². The van der Waals surface area contributed by atoms with Crippen molar-refractivity contribution >= 4 is 37.3 Å². The summed E-state index contributed by atoms with van der Waals surface area (Å²) < 4.78 is 94.4. The monoisotopic (exact) mass is 602 g/mol. The van der Waals surface area contributed by atoms with E-state index in [1.165, 1.54) is 70.8 Å². The average Bonchev–Trinajstić information content (AvgIpc) is 2.88. The predicted octanol–water partition coefficient (Wildman–Crippen LogP) is 4.70. The lowest BCUT2D eigenvalue weighted by atomic mass is 10.0. The minimum absolute atomic E-state index is 0.0663. The highest BCUT2D eigenvalue weighted by Gasteiger charge is 2.29. The third kappa shape index (κ3) is 6.99. The van der Waals surface area contributed by atoms with Gasteiger partial charge in [0, 0.05) is 43.7 Å². The van der Waals surface area contributed by atoms with Gasteiger partial charge in [-0.2, -0.15) is 0 Å². The van der Waals surface area contributed by atoms with E-state index in [1.807, 2.05) is 0 Å². The van der Waals surface area contributed by atoms with Crippen LogP contribution in [0.15, 0.2) is 59.5 Å². The zero-order valence-corrected chi connectivity index (χ0v) is 24.2. The Morgan fingerprint density at radius 3 is 2.10 bits per heavy atom. The Morgan fingerprint density at radius 2 is 1.51 bits per heavy atom. The smallest absolute Gasteiger partial charge is 0.264 e. The number of nitrogens with zero attached hydrogens (tertiary/aromatic N) is 2. The van der Waals surface area contributed by atoms with Gasteiger partial charge in [0.05, 0.1) is 30.6 Å². The van der Waals surface area contributed by atoms with E-state index in [1.54, 1.807) is 0 Å². The number of methoxy groups -OCH3 is 2. The first-order valence-corrected chi connectivity index (χ1v) is 15.1. The molecule has 0 saturated carbocycles. The van der Waals surface area contributed by atoms with Gasteiger partial charge in [-0.15, -0.1) is 0 Å². The Bertz CT molecular complexity index is 1530. The Balaban J connectivity index is 2.15. The minimum Gasteiger partial charge on any atom is -0.493 e. The summed E-state index contributed by atoms with van der Waals surface area (Å²) in [6.45, 7) is -0.252. The Labute approximate surface area is 232 Å². The van der Waals surface area contributed by atoms with Crippen LogP contribution in [0.4, 0.5) is 14.5 Å². The number of anilines is 1. The Hall–Kier alpha value is -2.93. The lowest BCUT2D eigenvalue weighted by molar-refractivity contribution is 0.354. The van der Waals surface area contributed by atoms with Crippen LogP contribution in [0.2, 0.25) is 5.02 Å². The Kier molecular flexibility index (Phi) is 9.81. The van der Waals surface area contributed by atoms with Crippen LogP contribution in [0.5, 0.6) is 11.5 Å². The predicted molar refractivity (Wildman–Crippen MR) is 147 cm³/mol. The van der Waals surface area contributed by atoms with Gasteiger partial charge in [-0.05, 0) is 54.4 Å². The molecule has 13 heteroatoms. The molecular formula is C26H29ClF2N2O6S2. The molecule has 0 aliphatic heterocycles. The number of halogens is 3. The maximum absolute atomic E-state index is 14.5. The fourth-order valence-electron chi connectivity index (χ4n) is 3.88. The largest absolute Gasteiger partial charge is 0.493 e. The SMILES string of the molecule is COc1ccc(S(=O)(=O)N(CCCS(=O)(=O)N(C)C)c2ccc(Cl)cc2Cc2c(F)cccc2F)cc1OC. The van der Waals surface area contributed by atoms with Gasteiger partial charge in [0.1, 0.15) is 11.6 Å². The molecule has 0 atom stereocenters. The molecule has 0 aromatic heterocycles. The van der Waals surface area contributed by atoms with Crippen molar-refractivity contribution in [3.63, 3.8) is 0 Å². The first kappa shape index (κ1) is 30.6. The van der Waals surface area contributed by atoms with Crippen molar-refractivity contribution in [1.29, 1.82) is 0 Å². The van der Waals surface area contributed by atoms with E-state index in [9.17, 15) is 25.6 Å². The normalized spacial score (nSPS) is 12.0. The number of hydrogen-bond donors (Lipinski definition) is 0. The van der Waals surface area contributed by atoms with Crippen LogP contribution in [-0.2, 0) is 26.5 Å². The number of benzene rings is 3. The van der Waals surface area contributed by atoms with Crippen LogP contribution in [0, 0.1) is 11.6 Å². The van der Waals surface area contributed by atoms with Gasteiger partial charge < -0.3 is 9.47 Å². The fraction of sp³-hybridized carbons (Fsp3) is 0.308. The molecule has 39 heavy (non-hydrogen) atoms. The molecule has 0 aliphatic carbocycles. The van der Waals surface area contributed by atoms with E-state index >= 15 is 0 Å². The van der Waals surface area contributed by atoms with Crippen molar-refractivity contribution < 1.29 is 35.1 Å². The highest BCUT2D eigenvalue weighted by molar-refractivity contribution is 7.92. The summed E-state index contributed by atoms with van der Waals surface area (Å²) in [5, 5.41) is 0.226. The number of sulfonamides is 2. The molecule has 0 radical (unpaired) electrons. The second-order valence-corrected chi connectivity index (χ2v) is 13.3. The van der Waals surface area contributed by atoms with Gasteiger partial charge in [0.2, 0.25) is 10.0 Å². The second kappa shape index (κ2) is 12.5. The van der Waals surface area contributed by atoms with Gasteiger partial charge in [0.15, 0.2) is 11.5 Å². The van der Waals surface area contributed by atoms with Gasteiger partial charge in [0.25, 0.3) is 10.0 Å². The maximum Gasteiger partial charge on any atom is 0.264 e. The van der Waals surface area contributed by atoms with E-state index in [-0.39, 0.29) is 57.6 Å². The molecule has 0 fully saturated rings. The van der Waals surface area contributed by atoms with Crippen molar-refractivity contribution in [2.24, 2.45) is 0 Å². The quantitative estimate of drug-likeness (QED) is 0.298. The van der Waals surface area contributed by atoms with Crippen LogP contribution < -0.4 is 13.8 Å². The van der Waals surface area contributed by atoms with Gasteiger partial charge in [-0.25, -0.2) is 29.9 Å². The highest BCUT2D eigenvalue weighted by Crippen LogP contribution is 2.35. The van der Waals surface area contributed by atoms with E-state index in [2.05, 4.69) is 0 Å². The standard InChI is InChI=1S/C26H29ClF2N2O6S2/c1-30(2)38(32,33)14-6-13-31(39(34,35)20-10-12-25(36-3)26(17-20)37-4)24-11-9-19(27)15-18(24)16-21-22(28)7-5-8-23(21)29/h5,7-12,15,17H,6,13-14,16H2,1-4H3. The fourth-order valence-corrected chi connectivity index (χ4v) is 6.49. The van der Waals surface area contributed by atoms with Crippen molar-refractivity contribution in [2.75, 3.05) is 44.9 Å². The molecule has 0 heterocycles. The molecule has 8 nitrogen and oxygen atoms in total. The van der Waals surface area contributed by atoms with Crippen molar-refractivity contribution in [2.45, 2.75) is 17.7 Å². The van der Waals surface area contributed by atoms with Crippen molar-refractivity contribution in [3.8, 4) is 11.5 Å². The third-order valence-corrected chi connectivity index (χ3v) is 9.96. The summed E-state index contributed by atoms with van der Waals surface area (Å²) in [5.41, 5.74) is 0.0600. The van der Waals surface area contributed by atoms with Crippen LogP contribution in [0.25, 0.3) is 0 Å². The molecule has 0 spiro atoms. The van der Waals surface area contributed by atoms with E-state index in [0.717, 1.165) is 20.7 Å². The van der Waals surface area contributed by atoms with Gasteiger partial charge >= 0.3 is 0 Å². The summed E-state index contributed by atoms with van der Waals surface area (Å²) in [5.74, 6) is -1.46. The molecule has 212 valence electrons. The first-order chi connectivity index (χ1) is 18.3. The summed E-state index contributed by atoms with van der Waals surface area (Å²) in [7, 11) is -2.43.